The van der Waals surface area contributed by atoms with Crippen molar-refractivity contribution in [2.45, 2.75) is 24.7 Å². The van der Waals surface area contributed by atoms with Crippen molar-refractivity contribution >= 4 is 46.3 Å². The van der Waals surface area contributed by atoms with Crippen LogP contribution >= 0.6 is 34.3 Å². The van der Waals surface area contributed by atoms with Crippen molar-refractivity contribution in [3.05, 3.63) is 37.9 Å². The Morgan fingerprint density at radius 1 is 1.16 bits per heavy atom. The number of nitrogens with zero attached hydrogens (tertiary/aromatic N) is 2. The molecule has 2 amide bonds. The number of rotatable bonds is 5. The number of halogens is 1. The van der Waals surface area contributed by atoms with E-state index in [1.165, 1.54) is 27.6 Å². The molecule has 0 spiro atoms. The first-order valence-electron chi connectivity index (χ1n) is 10.3. The standard InChI is InChI=1S/C21H26ClN3O5S2/c1-24-7-6-16-12(14(10-24)28-2)8-17(31-16)20(26)25-9-13(15(11-25)29-3)23-21(27)30-19-5-4-18(22)32-19/h4-5,8,13-15H,6-7,9-11H2,1-3H3,(H,23,27)/t13-,14?,15?/m1/s1. The fourth-order valence-electron chi connectivity index (χ4n) is 4.08. The molecular formula is C21H26ClN3O5S2. The number of thiophene rings is 2. The quantitative estimate of drug-likeness (QED) is 0.680. The maximum atomic E-state index is 13.3. The van der Waals surface area contributed by atoms with Crippen molar-refractivity contribution in [1.29, 1.82) is 0 Å². The van der Waals surface area contributed by atoms with Gasteiger partial charge in [0, 0.05) is 45.3 Å². The van der Waals surface area contributed by atoms with Crippen molar-refractivity contribution < 1.29 is 23.8 Å². The Morgan fingerprint density at radius 2 is 1.97 bits per heavy atom. The molecule has 0 saturated carbocycles. The van der Waals surface area contributed by atoms with Crippen LogP contribution in [0.3, 0.4) is 0 Å². The number of carbonyl (C=O) groups excluding carboxylic acids is 2. The Hall–Kier alpha value is -1.69. The Labute approximate surface area is 200 Å². The lowest BCUT2D eigenvalue weighted by molar-refractivity contribution is 0.0708. The van der Waals surface area contributed by atoms with Crippen molar-refractivity contribution in [1.82, 2.24) is 15.1 Å². The molecular weight excluding hydrogens is 474 g/mol. The molecule has 0 aliphatic carbocycles. The van der Waals surface area contributed by atoms with Crippen LogP contribution in [0.15, 0.2) is 18.2 Å². The summed E-state index contributed by atoms with van der Waals surface area (Å²) < 4.78 is 17.0. The molecule has 2 aromatic rings. The van der Waals surface area contributed by atoms with Crippen LogP contribution in [0, 0.1) is 0 Å². The Bertz CT molecular complexity index is 981. The van der Waals surface area contributed by atoms with E-state index in [4.69, 9.17) is 25.8 Å². The molecule has 2 aliphatic heterocycles. The van der Waals surface area contributed by atoms with Crippen LogP contribution in [0.2, 0.25) is 4.34 Å². The summed E-state index contributed by atoms with van der Waals surface area (Å²) in [5, 5.41) is 3.22. The fraction of sp³-hybridized carbons (Fsp3) is 0.524. The largest absolute Gasteiger partial charge is 0.413 e. The molecule has 0 bridgehead atoms. The van der Waals surface area contributed by atoms with E-state index in [1.54, 1.807) is 31.3 Å². The molecule has 11 heteroatoms. The van der Waals surface area contributed by atoms with Crippen LogP contribution in [0.25, 0.3) is 0 Å². The van der Waals surface area contributed by atoms with Gasteiger partial charge in [-0.1, -0.05) is 22.9 Å². The SMILES string of the molecule is COC1CN(C)CCc2sc(C(=O)N3CC(OC)[C@H](NC(=O)Oc4ccc(Cl)s4)C3)cc21. The van der Waals surface area contributed by atoms with Crippen LogP contribution in [0.4, 0.5) is 4.79 Å². The van der Waals surface area contributed by atoms with Crippen LogP contribution in [-0.2, 0) is 15.9 Å². The highest BCUT2D eigenvalue weighted by molar-refractivity contribution is 7.17. The first kappa shape index (κ1) is 23.5. The zero-order valence-corrected chi connectivity index (χ0v) is 20.5. The predicted octanol–water partition coefficient (Wildman–Crippen LogP) is 3.27. The molecule has 3 atom stereocenters. The van der Waals surface area contributed by atoms with E-state index in [-0.39, 0.29) is 24.2 Å². The van der Waals surface area contributed by atoms with Crippen LogP contribution in [0.5, 0.6) is 5.06 Å². The van der Waals surface area contributed by atoms with Gasteiger partial charge in [-0.3, -0.25) is 4.79 Å². The normalized spacial score (nSPS) is 23.6. The first-order valence-corrected chi connectivity index (χ1v) is 12.3. The zero-order chi connectivity index (χ0) is 22.8. The highest BCUT2D eigenvalue weighted by atomic mass is 35.5. The minimum atomic E-state index is -0.597. The molecule has 4 rings (SSSR count). The van der Waals surface area contributed by atoms with E-state index in [1.807, 2.05) is 6.07 Å². The average molecular weight is 500 g/mol. The van der Waals surface area contributed by atoms with Crippen molar-refractivity contribution in [3.63, 3.8) is 0 Å². The van der Waals surface area contributed by atoms with E-state index in [9.17, 15) is 9.59 Å². The summed E-state index contributed by atoms with van der Waals surface area (Å²) in [5.41, 5.74) is 1.10. The van der Waals surface area contributed by atoms with Crippen LogP contribution in [-0.4, -0.2) is 81.4 Å². The van der Waals surface area contributed by atoms with Gasteiger partial charge in [-0.2, -0.15) is 0 Å². The van der Waals surface area contributed by atoms with Crippen molar-refractivity contribution in [3.8, 4) is 5.06 Å². The molecule has 1 fully saturated rings. The number of hydrogen-bond donors (Lipinski definition) is 1. The summed E-state index contributed by atoms with van der Waals surface area (Å²) in [6, 6.07) is 4.89. The minimum Gasteiger partial charge on any atom is -0.399 e. The van der Waals surface area contributed by atoms with Crippen LogP contribution < -0.4 is 10.1 Å². The molecule has 4 heterocycles. The number of ether oxygens (including phenoxy) is 3. The van der Waals surface area contributed by atoms with Crippen molar-refractivity contribution in [2.75, 3.05) is 47.4 Å². The molecule has 1 N–H and O–H groups in total. The zero-order valence-electron chi connectivity index (χ0n) is 18.1. The second-order valence-electron chi connectivity index (χ2n) is 7.91. The fourth-order valence-corrected chi connectivity index (χ4v) is 6.12. The maximum absolute atomic E-state index is 13.3. The minimum absolute atomic E-state index is 0.0458. The number of likely N-dealkylation sites (tertiary alicyclic amines) is 1. The Morgan fingerprint density at radius 3 is 2.66 bits per heavy atom. The average Bonchev–Trinajstić information content (AvgIpc) is 3.46. The van der Waals surface area contributed by atoms with Gasteiger partial charge in [-0.05, 0) is 37.2 Å². The molecule has 8 nitrogen and oxygen atoms in total. The number of nitrogens with one attached hydrogen (secondary N) is 1. The van der Waals surface area contributed by atoms with E-state index in [0.717, 1.165) is 25.1 Å². The van der Waals surface area contributed by atoms with Gasteiger partial charge in [0.2, 0.25) is 0 Å². The lowest BCUT2D eigenvalue weighted by Gasteiger charge is -2.19. The van der Waals surface area contributed by atoms with Crippen LogP contribution in [0.1, 0.15) is 26.2 Å². The lowest BCUT2D eigenvalue weighted by atomic mass is 10.1. The third-order valence-corrected chi connectivity index (χ3v) is 8.09. The monoisotopic (exact) mass is 499 g/mol. The third kappa shape index (κ3) is 5.11. The van der Waals surface area contributed by atoms with E-state index in [2.05, 4.69) is 17.3 Å². The van der Waals surface area contributed by atoms with Crippen molar-refractivity contribution in [2.24, 2.45) is 0 Å². The molecule has 2 aliphatic rings. The second-order valence-corrected chi connectivity index (χ2v) is 10.7. The number of methoxy groups -OCH3 is 2. The molecule has 0 radical (unpaired) electrons. The molecule has 2 aromatic heterocycles. The molecule has 1 saturated heterocycles. The van der Waals surface area contributed by atoms with E-state index in [0.29, 0.717) is 27.4 Å². The van der Waals surface area contributed by atoms with Gasteiger partial charge < -0.3 is 29.3 Å². The van der Waals surface area contributed by atoms with Gasteiger partial charge >= 0.3 is 6.09 Å². The summed E-state index contributed by atoms with van der Waals surface area (Å²) >= 11 is 8.58. The number of likely N-dealkylation sites (N-methyl/N-ethyl adjacent to an activating group) is 1. The smallest absolute Gasteiger partial charge is 0.399 e. The third-order valence-electron chi connectivity index (χ3n) is 5.78. The van der Waals surface area contributed by atoms with Gasteiger partial charge in [-0.25, -0.2) is 4.79 Å². The topological polar surface area (TPSA) is 80.3 Å². The summed E-state index contributed by atoms with van der Waals surface area (Å²) in [4.78, 5) is 31.4. The highest BCUT2D eigenvalue weighted by Crippen LogP contribution is 2.34. The Kier molecular flexibility index (Phi) is 7.38. The first-order chi connectivity index (χ1) is 15.4. The number of hydrogen-bond acceptors (Lipinski definition) is 8. The van der Waals surface area contributed by atoms with Gasteiger partial charge in [0.1, 0.15) is 0 Å². The predicted molar refractivity (Wildman–Crippen MR) is 124 cm³/mol. The summed E-state index contributed by atoms with van der Waals surface area (Å²) in [7, 11) is 5.36. The number of fused-ring (bicyclic) bond motifs is 1. The number of amides is 2. The van der Waals surface area contributed by atoms with Gasteiger partial charge in [-0.15, -0.1) is 11.3 Å². The Balaban J connectivity index is 1.42. The maximum Gasteiger partial charge on any atom is 0.413 e. The molecule has 174 valence electrons. The molecule has 32 heavy (non-hydrogen) atoms. The molecule has 0 aromatic carbocycles. The summed E-state index contributed by atoms with van der Waals surface area (Å²) in [6.07, 6.45) is -0.0699. The van der Waals surface area contributed by atoms with E-state index >= 15 is 0 Å². The summed E-state index contributed by atoms with van der Waals surface area (Å²) in [6.45, 7) is 2.47. The van der Waals surface area contributed by atoms with Gasteiger partial charge in [0.05, 0.1) is 27.5 Å². The number of carbonyl (C=O) groups is 2. The van der Waals surface area contributed by atoms with Gasteiger partial charge in [0.15, 0.2) is 5.06 Å². The van der Waals surface area contributed by atoms with E-state index < -0.39 is 6.09 Å². The highest BCUT2D eigenvalue weighted by Gasteiger charge is 2.38. The lowest BCUT2D eigenvalue weighted by Crippen LogP contribution is -2.44. The molecule has 2 unspecified atom stereocenters. The summed E-state index contributed by atoms with van der Waals surface area (Å²) in [5.74, 6) is -0.0592. The second kappa shape index (κ2) is 10.1. The van der Waals surface area contributed by atoms with Gasteiger partial charge in [0.25, 0.3) is 5.91 Å².